The van der Waals surface area contributed by atoms with E-state index in [1.165, 1.54) is 0 Å². The van der Waals surface area contributed by atoms with Crippen LogP contribution in [0, 0.1) is 11.3 Å². The maximum Gasteiger partial charge on any atom is 0.253 e. The Bertz CT molecular complexity index is 605. The monoisotopic (exact) mass is 315 g/mol. The molecule has 5 heteroatoms. The van der Waals surface area contributed by atoms with Gasteiger partial charge in [0.15, 0.2) is 0 Å². The van der Waals surface area contributed by atoms with Gasteiger partial charge in [0.25, 0.3) is 5.91 Å². The van der Waals surface area contributed by atoms with Gasteiger partial charge in [0.2, 0.25) is 5.91 Å². The molecular formula is C18H25N3O2. The highest BCUT2D eigenvalue weighted by molar-refractivity contribution is 5.96. The summed E-state index contributed by atoms with van der Waals surface area (Å²) in [6, 6.07) is 7.30. The Labute approximate surface area is 137 Å². The molecular weight excluding hydrogens is 290 g/mol. The van der Waals surface area contributed by atoms with Crippen LogP contribution >= 0.6 is 0 Å². The molecule has 1 aromatic rings. The fourth-order valence-electron chi connectivity index (χ4n) is 3.02. The molecule has 1 atom stereocenters. The summed E-state index contributed by atoms with van der Waals surface area (Å²) < 4.78 is 0. The van der Waals surface area contributed by atoms with Crippen molar-refractivity contribution in [2.45, 2.75) is 39.2 Å². The zero-order valence-electron chi connectivity index (χ0n) is 13.8. The number of hydrogen-bond acceptors (Lipinski definition) is 3. The molecule has 0 spiro atoms. The summed E-state index contributed by atoms with van der Waals surface area (Å²) in [5.41, 5.74) is 7.47. The molecule has 124 valence electrons. The summed E-state index contributed by atoms with van der Waals surface area (Å²) >= 11 is 0. The number of nitrogens with zero attached hydrogens (tertiary/aromatic N) is 1. The van der Waals surface area contributed by atoms with Crippen LogP contribution < -0.4 is 11.1 Å². The normalized spacial score (nSPS) is 23.4. The largest absolute Gasteiger partial charge is 0.338 e. The molecule has 2 amide bonds. The number of amides is 2. The standard InChI is InChI=1S/C18H25N3O2/c1-18(2)11-21(10-9-15(18)19)17(23)13-5-7-14(8-6-13)20-16(22)12-3-4-12/h5-8,12,15H,3-4,9-11,19H2,1-2H3,(H,20,22). The van der Waals surface area contributed by atoms with E-state index in [1.807, 2.05) is 4.90 Å². The summed E-state index contributed by atoms with van der Waals surface area (Å²) in [6.45, 7) is 5.58. The SMILES string of the molecule is CC1(C)CN(C(=O)c2ccc(NC(=O)C3CC3)cc2)CCC1N. The summed E-state index contributed by atoms with van der Waals surface area (Å²) in [6.07, 6.45) is 2.79. The fraction of sp³-hybridized carbons (Fsp3) is 0.556. The zero-order valence-corrected chi connectivity index (χ0v) is 13.8. The van der Waals surface area contributed by atoms with Crippen LogP contribution in [0.2, 0.25) is 0 Å². The molecule has 1 aliphatic carbocycles. The Kier molecular flexibility index (Phi) is 4.15. The summed E-state index contributed by atoms with van der Waals surface area (Å²) in [7, 11) is 0. The average molecular weight is 315 g/mol. The van der Waals surface area contributed by atoms with E-state index >= 15 is 0 Å². The topological polar surface area (TPSA) is 75.4 Å². The fourth-order valence-corrected chi connectivity index (χ4v) is 3.02. The molecule has 0 radical (unpaired) electrons. The number of benzene rings is 1. The minimum absolute atomic E-state index is 0.0324. The molecule has 3 rings (SSSR count). The van der Waals surface area contributed by atoms with Gasteiger partial charge in [-0.2, -0.15) is 0 Å². The number of nitrogens with two attached hydrogens (primary N) is 1. The van der Waals surface area contributed by atoms with E-state index in [0.29, 0.717) is 18.7 Å². The number of piperidine rings is 1. The van der Waals surface area contributed by atoms with Gasteiger partial charge in [0.1, 0.15) is 0 Å². The first kappa shape index (κ1) is 16.0. The van der Waals surface area contributed by atoms with Gasteiger partial charge in [-0.1, -0.05) is 13.8 Å². The molecule has 2 fully saturated rings. The quantitative estimate of drug-likeness (QED) is 0.898. The molecule has 1 aromatic carbocycles. The number of carbonyl (C=O) groups is 2. The minimum atomic E-state index is -0.0634. The van der Waals surface area contributed by atoms with Crippen LogP contribution in [0.4, 0.5) is 5.69 Å². The number of rotatable bonds is 3. The molecule has 2 aliphatic rings. The Morgan fingerprint density at radius 1 is 1.17 bits per heavy atom. The lowest BCUT2D eigenvalue weighted by Crippen LogP contribution is -2.53. The van der Waals surface area contributed by atoms with E-state index < -0.39 is 0 Å². The molecule has 3 N–H and O–H groups in total. The van der Waals surface area contributed by atoms with E-state index in [1.54, 1.807) is 24.3 Å². The van der Waals surface area contributed by atoms with Crippen LogP contribution in [0.25, 0.3) is 0 Å². The Morgan fingerprint density at radius 3 is 2.39 bits per heavy atom. The zero-order chi connectivity index (χ0) is 16.6. The van der Waals surface area contributed by atoms with Gasteiger partial charge in [-0.05, 0) is 48.9 Å². The van der Waals surface area contributed by atoms with Crippen molar-refractivity contribution in [3.63, 3.8) is 0 Å². The predicted molar refractivity (Wildman–Crippen MR) is 90.1 cm³/mol. The number of hydrogen-bond donors (Lipinski definition) is 2. The van der Waals surface area contributed by atoms with E-state index in [2.05, 4.69) is 19.2 Å². The smallest absolute Gasteiger partial charge is 0.253 e. The van der Waals surface area contributed by atoms with Gasteiger partial charge in [-0.25, -0.2) is 0 Å². The highest BCUT2D eigenvalue weighted by atomic mass is 16.2. The Hall–Kier alpha value is -1.88. The van der Waals surface area contributed by atoms with Crippen molar-refractivity contribution < 1.29 is 9.59 Å². The first-order valence-electron chi connectivity index (χ1n) is 8.32. The first-order valence-corrected chi connectivity index (χ1v) is 8.32. The second-order valence-electron chi connectivity index (χ2n) is 7.45. The van der Waals surface area contributed by atoms with Crippen molar-refractivity contribution in [3.05, 3.63) is 29.8 Å². The summed E-state index contributed by atoms with van der Waals surface area (Å²) in [5, 5.41) is 2.89. The highest BCUT2D eigenvalue weighted by Crippen LogP contribution is 2.30. The third-order valence-corrected chi connectivity index (χ3v) is 4.95. The lowest BCUT2D eigenvalue weighted by atomic mass is 9.79. The van der Waals surface area contributed by atoms with Crippen molar-refractivity contribution in [1.82, 2.24) is 4.90 Å². The Balaban J connectivity index is 1.64. The molecule has 0 bridgehead atoms. The van der Waals surface area contributed by atoms with Gasteiger partial charge in [-0.3, -0.25) is 9.59 Å². The van der Waals surface area contributed by atoms with Crippen LogP contribution in [0.5, 0.6) is 0 Å². The third kappa shape index (κ3) is 3.55. The van der Waals surface area contributed by atoms with Gasteiger partial charge < -0.3 is 16.0 Å². The molecule has 0 aromatic heterocycles. The third-order valence-electron chi connectivity index (χ3n) is 4.95. The van der Waals surface area contributed by atoms with Crippen LogP contribution in [0.1, 0.15) is 43.5 Å². The Morgan fingerprint density at radius 2 is 1.83 bits per heavy atom. The summed E-state index contributed by atoms with van der Waals surface area (Å²) in [5.74, 6) is 0.289. The van der Waals surface area contributed by atoms with Crippen molar-refractivity contribution in [2.75, 3.05) is 18.4 Å². The van der Waals surface area contributed by atoms with E-state index in [-0.39, 0.29) is 29.2 Å². The highest BCUT2D eigenvalue weighted by Gasteiger charge is 2.35. The number of anilines is 1. The molecule has 1 aliphatic heterocycles. The second-order valence-corrected chi connectivity index (χ2v) is 7.45. The van der Waals surface area contributed by atoms with Crippen molar-refractivity contribution in [3.8, 4) is 0 Å². The van der Waals surface area contributed by atoms with Crippen LogP contribution in [-0.4, -0.2) is 35.8 Å². The van der Waals surface area contributed by atoms with E-state index in [0.717, 1.165) is 24.9 Å². The second kappa shape index (κ2) is 5.96. The first-order chi connectivity index (χ1) is 10.9. The minimum Gasteiger partial charge on any atom is -0.338 e. The molecule has 1 saturated carbocycles. The van der Waals surface area contributed by atoms with Crippen molar-refractivity contribution in [2.24, 2.45) is 17.1 Å². The van der Waals surface area contributed by atoms with Crippen molar-refractivity contribution >= 4 is 17.5 Å². The van der Waals surface area contributed by atoms with E-state index in [9.17, 15) is 9.59 Å². The number of likely N-dealkylation sites (tertiary alicyclic amines) is 1. The maximum absolute atomic E-state index is 12.6. The molecule has 1 saturated heterocycles. The molecule has 23 heavy (non-hydrogen) atoms. The summed E-state index contributed by atoms with van der Waals surface area (Å²) in [4.78, 5) is 26.3. The van der Waals surface area contributed by atoms with Gasteiger partial charge >= 0.3 is 0 Å². The van der Waals surface area contributed by atoms with Gasteiger partial charge in [0.05, 0.1) is 0 Å². The predicted octanol–water partition coefficient (Wildman–Crippen LogP) is 2.23. The molecule has 5 nitrogen and oxygen atoms in total. The van der Waals surface area contributed by atoms with E-state index in [4.69, 9.17) is 5.73 Å². The van der Waals surface area contributed by atoms with Crippen molar-refractivity contribution in [1.29, 1.82) is 0 Å². The molecule has 1 heterocycles. The van der Waals surface area contributed by atoms with Gasteiger partial charge in [-0.15, -0.1) is 0 Å². The van der Waals surface area contributed by atoms with Crippen LogP contribution in [-0.2, 0) is 4.79 Å². The van der Waals surface area contributed by atoms with Crippen LogP contribution in [0.3, 0.4) is 0 Å². The van der Waals surface area contributed by atoms with Gasteiger partial charge in [0, 0.05) is 36.3 Å². The lowest BCUT2D eigenvalue weighted by Gasteiger charge is -2.42. The molecule has 1 unspecified atom stereocenters. The average Bonchev–Trinajstić information content (AvgIpc) is 3.35. The number of nitrogens with one attached hydrogen (secondary N) is 1. The van der Waals surface area contributed by atoms with Crippen LogP contribution in [0.15, 0.2) is 24.3 Å². The lowest BCUT2D eigenvalue weighted by molar-refractivity contribution is -0.117. The number of carbonyl (C=O) groups excluding carboxylic acids is 2. The maximum atomic E-state index is 12.6.